The number of nitrogens with one attached hydrogen (secondary N) is 1. The van der Waals surface area contributed by atoms with Crippen molar-refractivity contribution < 1.29 is 4.74 Å². The molecule has 1 aliphatic heterocycles. The molecule has 0 amide bonds. The molecule has 0 spiro atoms. The molecular weight excluding hydrogens is 254 g/mol. The van der Waals surface area contributed by atoms with E-state index in [9.17, 15) is 4.79 Å². The van der Waals surface area contributed by atoms with E-state index in [1.54, 1.807) is 16.2 Å². The Labute approximate surface area is 118 Å². The summed E-state index contributed by atoms with van der Waals surface area (Å²) in [6.07, 6.45) is 2.68. The number of ether oxygens (including phenoxy) is 1. The van der Waals surface area contributed by atoms with Crippen LogP contribution in [0, 0.1) is 0 Å². The second-order valence-corrected chi connectivity index (χ2v) is 5.49. The zero-order chi connectivity index (χ0) is 14.1. The van der Waals surface area contributed by atoms with Crippen LogP contribution in [0.25, 0.3) is 11.0 Å². The van der Waals surface area contributed by atoms with Gasteiger partial charge in [0.1, 0.15) is 0 Å². The van der Waals surface area contributed by atoms with E-state index in [0.717, 1.165) is 37.2 Å². The number of rotatable bonds is 4. The van der Waals surface area contributed by atoms with Gasteiger partial charge in [-0.3, -0.25) is 9.13 Å². The van der Waals surface area contributed by atoms with Crippen molar-refractivity contribution in [3.63, 3.8) is 0 Å². The number of hydrogen-bond donors (Lipinski definition) is 1. The highest BCUT2D eigenvalue weighted by molar-refractivity contribution is 5.76. The first kappa shape index (κ1) is 13.4. The molecule has 1 N–H and O–H groups in total. The Hall–Kier alpha value is -1.59. The Morgan fingerprint density at radius 1 is 1.30 bits per heavy atom. The molecule has 1 aliphatic rings. The van der Waals surface area contributed by atoms with Crippen LogP contribution in [-0.4, -0.2) is 28.4 Å². The van der Waals surface area contributed by atoms with Gasteiger partial charge in [-0.1, -0.05) is 6.07 Å². The summed E-state index contributed by atoms with van der Waals surface area (Å²) in [5.74, 6) is 0. The summed E-state index contributed by atoms with van der Waals surface area (Å²) in [7, 11) is 3.62. The number of fused-ring (bicyclic) bond motifs is 1. The van der Waals surface area contributed by atoms with Gasteiger partial charge in [0, 0.05) is 33.8 Å². The zero-order valence-corrected chi connectivity index (χ0v) is 12.1. The van der Waals surface area contributed by atoms with Gasteiger partial charge in [0.25, 0.3) is 0 Å². The highest BCUT2D eigenvalue weighted by Gasteiger charge is 2.14. The topological polar surface area (TPSA) is 48.2 Å². The standard InChI is InChI=1S/C15H21N3O2/c1-17-13-6-5-11(8-14(13)18(2)15(17)19)9-16-10-12-4-3-7-20-12/h5-6,8,12,16H,3-4,7,9-10H2,1-2H3/t12-/m1/s1. The van der Waals surface area contributed by atoms with Gasteiger partial charge in [0.15, 0.2) is 0 Å². The molecule has 1 saturated heterocycles. The average molecular weight is 275 g/mol. The van der Waals surface area contributed by atoms with E-state index in [0.29, 0.717) is 6.10 Å². The third kappa shape index (κ3) is 2.39. The Bertz CT molecular complexity index is 666. The normalized spacial score (nSPS) is 19.0. The van der Waals surface area contributed by atoms with E-state index in [4.69, 9.17) is 4.74 Å². The van der Waals surface area contributed by atoms with Crippen molar-refractivity contribution in [2.24, 2.45) is 14.1 Å². The van der Waals surface area contributed by atoms with Gasteiger partial charge in [-0.05, 0) is 30.5 Å². The predicted octanol–water partition coefficient (Wildman–Crippen LogP) is 1.15. The van der Waals surface area contributed by atoms with Crippen LogP contribution >= 0.6 is 0 Å². The molecule has 0 radical (unpaired) electrons. The van der Waals surface area contributed by atoms with Crippen LogP contribution in [0.1, 0.15) is 18.4 Å². The molecule has 2 heterocycles. The van der Waals surface area contributed by atoms with Crippen LogP contribution in [0.15, 0.2) is 23.0 Å². The third-order valence-corrected chi connectivity index (χ3v) is 4.06. The molecule has 0 bridgehead atoms. The van der Waals surface area contributed by atoms with E-state index < -0.39 is 0 Å². The summed E-state index contributed by atoms with van der Waals surface area (Å²) in [6.45, 7) is 2.59. The van der Waals surface area contributed by atoms with Gasteiger partial charge in [0.05, 0.1) is 17.1 Å². The molecule has 0 aliphatic carbocycles. The van der Waals surface area contributed by atoms with E-state index in [-0.39, 0.29) is 5.69 Å². The molecule has 1 atom stereocenters. The summed E-state index contributed by atoms with van der Waals surface area (Å²) >= 11 is 0. The number of nitrogens with zero attached hydrogens (tertiary/aromatic N) is 2. The van der Waals surface area contributed by atoms with Crippen LogP contribution in [0.3, 0.4) is 0 Å². The maximum absolute atomic E-state index is 11.9. The minimum atomic E-state index is 0.0180. The molecule has 20 heavy (non-hydrogen) atoms. The number of hydrogen-bond acceptors (Lipinski definition) is 3. The van der Waals surface area contributed by atoms with Crippen molar-refractivity contribution in [3.8, 4) is 0 Å². The van der Waals surface area contributed by atoms with Crippen molar-refractivity contribution in [1.82, 2.24) is 14.5 Å². The molecule has 1 fully saturated rings. The van der Waals surface area contributed by atoms with Gasteiger partial charge in [-0.2, -0.15) is 0 Å². The number of benzene rings is 1. The smallest absolute Gasteiger partial charge is 0.328 e. The van der Waals surface area contributed by atoms with Crippen LogP contribution < -0.4 is 11.0 Å². The average Bonchev–Trinajstić information content (AvgIpc) is 3.04. The molecule has 1 aromatic carbocycles. The van der Waals surface area contributed by atoms with Gasteiger partial charge < -0.3 is 10.1 Å². The van der Waals surface area contributed by atoms with Crippen LogP contribution in [0.2, 0.25) is 0 Å². The summed E-state index contributed by atoms with van der Waals surface area (Å²) in [6, 6.07) is 6.17. The molecule has 5 nitrogen and oxygen atoms in total. The van der Waals surface area contributed by atoms with Crippen molar-refractivity contribution >= 4 is 11.0 Å². The number of aryl methyl sites for hydroxylation is 2. The Morgan fingerprint density at radius 3 is 2.85 bits per heavy atom. The lowest BCUT2D eigenvalue weighted by Crippen LogP contribution is -2.25. The van der Waals surface area contributed by atoms with Gasteiger partial charge >= 0.3 is 5.69 Å². The maximum atomic E-state index is 11.9. The van der Waals surface area contributed by atoms with Gasteiger partial charge in [-0.25, -0.2) is 4.79 Å². The molecule has 0 unspecified atom stereocenters. The van der Waals surface area contributed by atoms with Crippen molar-refractivity contribution in [2.75, 3.05) is 13.2 Å². The fourth-order valence-corrected chi connectivity index (χ4v) is 2.85. The Kier molecular flexibility index (Phi) is 3.63. The quantitative estimate of drug-likeness (QED) is 0.910. The van der Waals surface area contributed by atoms with E-state index >= 15 is 0 Å². The molecule has 0 saturated carbocycles. The lowest BCUT2D eigenvalue weighted by molar-refractivity contribution is 0.110. The van der Waals surface area contributed by atoms with E-state index in [2.05, 4.69) is 17.4 Å². The summed E-state index contributed by atoms with van der Waals surface area (Å²) < 4.78 is 8.96. The first-order chi connectivity index (χ1) is 9.66. The number of imidazole rings is 1. The fraction of sp³-hybridized carbons (Fsp3) is 0.533. The highest BCUT2D eigenvalue weighted by atomic mass is 16.5. The molecule has 2 aromatic rings. The van der Waals surface area contributed by atoms with E-state index in [1.165, 1.54) is 12.0 Å². The molecule has 5 heteroatoms. The lowest BCUT2D eigenvalue weighted by Gasteiger charge is -2.10. The second-order valence-electron chi connectivity index (χ2n) is 5.49. The summed E-state index contributed by atoms with van der Waals surface area (Å²) in [5.41, 5.74) is 3.16. The largest absolute Gasteiger partial charge is 0.377 e. The van der Waals surface area contributed by atoms with Gasteiger partial charge in [-0.15, -0.1) is 0 Å². The lowest BCUT2D eigenvalue weighted by atomic mass is 10.2. The summed E-state index contributed by atoms with van der Waals surface area (Å²) in [4.78, 5) is 11.9. The SMILES string of the molecule is Cn1c(=O)n(C)c2cc(CNC[C@H]3CCCO3)ccc21. The number of aromatic nitrogens is 2. The van der Waals surface area contributed by atoms with Gasteiger partial charge in [0.2, 0.25) is 0 Å². The molecule has 108 valence electrons. The fourth-order valence-electron chi connectivity index (χ4n) is 2.85. The molecular formula is C15H21N3O2. The van der Waals surface area contributed by atoms with Crippen molar-refractivity contribution in [1.29, 1.82) is 0 Å². The Balaban J connectivity index is 1.72. The predicted molar refractivity (Wildman–Crippen MR) is 78.8 cm³/mol. The van der Waals surface area contributed by atoms with Crippen molar-refractivity contribution in [2.45, 2.75) is 25.5 Å². The van der Waals surface area contributed by atoms with Crippen molar-refractivity contribution in [3.05, 3.63) is 34.2 Å². The second kappa shape index (κ2) is 5.42. The van der Waals surface area contributed by atoms with Crippen LogP contribution in [0.4, 0.5) is 0 Å². The van der Waals surface area contributed by atoms with E-state index in [1.807, 2.05) is 13.1 Å². The summed E-state index contributed by atoms with van der Waals surface area (Å²) in [5, 5.41) is 3.43. The first-order valence-corrected chi connectivity index (χ1v) is 7.13. The Morgan fingerprint density at radius 2 is 2.10 bits per heavy atom. The minimum absolute atomic E-state index is 0.0180. The highest BCUT2D eigenvalue weighted by Crippen LogP contribution is 2.14. The maximum Gasteiger partial charge on any atom is 0.328 e. The monoisotopic (exact) mass is 275 g/mol. The third-order valence-electron chi connectivity index (χ3n) is 4.06. The van der Waals surface area contributed by atoms with Crippen LogP contribution in [-0.2, 0) is 25.4 Å². The van der Waals surface area contributed by atoms with Crippen LogP contribution in [0.5, 0.6) is 0 Å². The molecule has 3 rings (SSSR count). The molecule has 1 aromatic heterocycles. The zero-order valence-electron chi connectivity index (χ0n) is 12.1. The minimum Gasteiger partial charge on any atom is -0.377 e. The first-order valence-electron chi connectivity index (χ1n) is 7.13.